The number of nitriles is 1. The van der Waals surface area contributed by atoms with Crippen LogP contribution in [0.4, 0.5) is 4.39 Å². The van der Waals surface area contributed by atoms with Crippen LogP contribution in [-0.2, 0) is 12.8 Å². The van der Waals surface area contributed by atoms with Crippen molar-refractivity contribution in [2.45, 2.75) is 25.7 Å². The Labute approximate surface area is 104 Å². The molecule has 5 heteroatoms. The van der Waals surface area contributed by atoms with Gasteiger partial charge < -0.3 is 4.52 Å². The fourth-order valence-corrected chi connectivity index (χ4v) is 1.59. The number of aromatic nitrogens is 2. The normalized spacial score (nSPS) is 10.2. The standard InChI is InChI=1S/C13H12FN3O/c14-11-6-2-1-5-10(11)9-12-16-13(18-17-12)7-3-4-8-15/h1-2,5-6H,3-4,7,9H2. The van der Waals surface area contributed by atoms with Crippen molar-refractivity contribution in [3.63, 3.8) is 0 Å². The van der Waals surface area contributed by atoms with Gasteiger partial charge in [0.1, 0.15) is 5.82 Å². The van der Waals surface area contributed by atoms with Crippen molar-refractivity contribution >= 4 is 0 Å². The molecule has 1 aromatic carbocycles. The molecule has 92 valence electrons. The fourth-order valence-electron chi connectivity index (χ4n) is 1.59. The Morgan fingerprint density at radius 2 is 2.17 bits per heavy atom. The van der Waals surface area contributed by atoms with Crippen molar-refractivity contribution < 1.29 is 8.91 Å². The minimum atomic E-state index is -0.270. The quantitative estimate of drug-likeness (QED) is 0.760. The number of rotatable bonds is 5. The maximum atomic E-state index is 13.4. The van der Waals surface area contributed by atoms with E-state index in [2.05, 4.69) is 16.2 Å². The molecule has 18 heavy (non-hydrogen) atoms. The van der Waals surface area contributed by atoms with Crippen LogP contribution < -0.4 is 0 Å². The van der Waals surface area contributed by atoms with Crippen molar-refractivity contribution in [3.05, 3.63) is 47.4 Å². The van der Waals surface area contributed by atoms with Gasteiger partial charge >= 0.3 is 0 Å². The molecule has 0 saturated carbocycles. The summed E-state index contributed by atoms with van der Waals surface area (Å²) in [5.41, 5.74) is 0.543. The van der Waals surface area contributed by atoms with Crippen LogP contribution in [0.25, 0.3) is 0 Å². The van der Waals surface area contributed by atoms with Crippen molar-refractivity contribution in [1.82, 2.24) is 10.1 Å². The zero-order chi connectivity index (χ0) is 12.8. The van der Waals surface area contributed by atoms with E-state index in [9.17, 15) is 4.39 Å². The highest BCUT2D eigenvalue weighted by Crippen LogP contribution is 2.11. The molecule has 0 atom stereocenters. The lowest BCUT2D eigenvalue weighted by molar-refractivity contribution is 0.371. The second kappa shape index (κ2) is 5.92. The predicted molar refractivity (Wildman–Crippen MR) is 62.1 cm³/mol. The number of nitrogens with zero attached hydrogens (tertiary/aromatic N) is 3. The Kier molecular flexibility index (Phi) is 4.02. The Morgan fingerprint density at radius 1 is 1.33 bits per heavy atom. The van der Waals surface area contributed by atoms with Crippen LogP contribution in [0.15, 0.2) is 28.8 Å². The fraction of sp³-hybridized carbons (Fsp3) is 0.308. The van der Waals surface area contributed by atoms with E-state index in [-0.39, 0.29) is 5.82 Å². The van der Waals surface area contributed by atoms with Crippen molar-refractivity contribution in [1.29, 1.82) is 5.26 Å². The Morgan fingerprint density at radius 3 is 2.94 bits per heavy atom. The summed E-state index contributed by atoms with van der Waals surface area (Å²) in [6.45, 7) is 0. The van der Waals surface area contributed by atoms with Gasteiger partial charge in [0.15, 0.2) is 5.82 Å². The molecule has 0 spiro atoms. The third-order valence-electron chi connectivity index (χ3n) is 2.50. The number of aryl methyl sites for hydroxylation is 1. The highest BCUT2D eigenvalue weighted by Gasteiger charge is 2.09. The van der Waals surface area contributed by atoms with Crippen LogP contribution in [0.2, 0.25) is 0 Å². The number of unbranched alkanes of at least 4 members (excludes halogenated alkanes) is 1. The summed E-state index contributed by atoms with van der Waals surface area (Å²) in [6, 6.07) is 8.57. The van der Waals surface area contributed by atoms with E-state index in [4.69, 9.17) is 9.78 Å². The van der Waals surface area contributed by atoms with Crippen LogP contribution in [-0.4, -0.2) is 10.1 Å². The lowest BCUT2D eigenvalue weighted by atomic mass is 10.1. The smallest absolute Gasteiger partial charge is 0.226 e. The molecule has 0 unspecified atom stereocenters. The molecule has 1 aromatic heterocycles. The Bertz CT molecular complexity index is 559. The summed E-state index contributed by atoms with van der Waals surface area (Å²) in [7, 11) is 0. The first-order valence-electron chi connectivity index (χ1n) is 5.71. The van der Waals surface area contributed by atoms with E-state index in [1.807, 2.05) is 0 Å². The third-order valence-corrected chi connectivity index (χ3v) is 2.50. The average molecular weight is 245 g/mol. The van der Waals surface area contributed by atoms with Gasteiger partial charge in [-0.3, -0.25) is 0 Å². The SMILES string of the molecule is N#CCCCc1nc(Cc2ccccc2F)no1. The predicted octanol–water partition coefficient (Wildman–Crippen LogP) is 2.65. The minimum absolute atomic E-state index is 0.270. The minimum Gasteiger partial charge on any atom is -0.339 e. The van der Waals surface area contributed by atoms with Crippen molar-refractivity contribution in [2.24, 2.45) is 0 Å². The van der Waals surface area contributed by atoms with Gasteiger partial charge in [0, 0.05) is 19.3 Å². The molecule has 0 saturated heterocycles. The molecule has 0 N–H and O–H groups in total. The second-order valence-electron chi connectivity index (χ2n) is 3.88. The van der Waals surface area contributed by atoms with Gasteiger partial charge in [-0.25, -0.2) is 4.39 Å². The van der Waals surface area contributed by atoms with Gasteiger partial charge in [-0.2, -0.15) is 10.2 Å². The van der Waals surface area contributed by atoms with Gasteiger partial charge in [0.25, 0.3) is 0 Å². The molecule has 4 nitrogen and oxygen atoms in total. The van der Waals surface area contributed by atoms with Crippen molar-refractivity contribution in [3.8, 4) is 6.07 Å². The van der Waals surface area contributed by atoms with Crippen molar-refractivity contribution in [2.75, 3.05) is 0 Å². The zero-order valence-electron chi connectivity index (χ0n) is 9.77. The first-order valence-corrected chi connectivity index (χ1v) is 5.71. The van der Waals surface area contributed by atoms with Crippen LogP contribution in [0, 0.1) is 17.1 Å². The lowest BCUT2D eigenvalue weighted by Crippen LogP contribution is -1.94. The van der Waals surface area contributed by atoms with Gasteiger partial charge in [0.05, 0.1) is 6.07 Å². The van der Waals surface area contributed by atoms with Gasteiger partial charge in [-0.05, 0) is 18.1 Å². The molecule has 0 bridgehead atoms. The molecule has 0 aliphatic carbocycles. The van der Waals surface area contributed by atoms with Gasteiger partial charge in [-0.1, -0.05) is 23.4 Å². The topological polar surface area (TPSA) is 62.7 Å². The van der Waals surface area contributed by atoms with E-state index in [0.29, 0.717) is 43.0 Å². The summed E-state index contributed by atoms with van der Waals surface area (Å²) >= 11 is 0. The van der Waals surface area contributed by atoms with Crippen LogP contribution >= 0.6 is 0 Å². The van der Waals surface area contributed by atoms with Crippen LogP contribution in [0.3, 0.4) is 0 Å². The lowest BCUT2D eigenvalue weighted by Gasteiger charge is -1.97. The van der Waals surface area contributed by atoms with E-state index in [1.54, 1.807) is 18.2 Å². The number of hydrogen-bond acceptors (Lipinski definition) is 4. The van der Waals surface area contributed by atoms with E-state index in [0.717, 1.165) is 0 Å². The monoisotopic (exact) mass is 245 g/mol. The molecule has 2 rings (SSSR count). The van der Waals surface area contributed by atoms with E-state index >= 15 is 0 Å². The Hall–Kier alpha value is -2.22. The van der Waals surface area contributed by atoms with Gasteiger partial charge in [0.2, 0.25) is 5.89 Å². The molecule has 0 amide bonds. The average Bonchev–Trinajstić information content (AvgIpc) is 2.80. The molecule has 2 aromatic rings. The molecule has 1 heterocycles. The molecular formula is C13H12FN3O. The molecule has 0 aliphatic rings. The Balaban J connectivity index is 1.99. The second-order valence-corrected chi connectivity index (χ2v) is 3.88. The summed E-state index contributed by atoms with van der Waals surface area (Å²) < 4.78 is 18.4. The number of benzene rings is 1. The van der Waals surface area contributed by atoms with Crippen LogP contribution in [0.5, 0.6) is 0 Å². The summed E-state index contributed by atoms with van der Waals surface area (Å²) in [5, 5.41) is 12.2. The largest absolute Gasteiger partial charge is 0.339 e. The van der Waals surface area contributed by atoms with E-state index < -0.39 is 0 Å². The summed E-state index contributed by atoms with van der Waals surface area (Å²) in [4.78, 5) is 4.16. The first-order chi connectivity index (χ1) is 8.79. The highest BCUT2D eigenvalue weighted by molar-refractivity contribution is 5.20. The van der Waals surface area contributed by atoms with E-state index in [1.165, 1.54) is 6.07 Å². The number of halogens is 1. The molecule has 0 radical (unpaired) electrons. The summed E-state index contributed by atoms with van der Waals surface area (Å²) in [6.07, 6.45) is 2.05. The van der Waals surface area contributed by atoms with Gasteiger partial charge in [-0.15, -0.1) is 0 Å². The molecule has 0 aliphatic heterocycles. The third kappa shape index (κ3) is 3.14. The van der Waals surface area contributed by atoms with Crippen LogP contribution in [0.1, 0.15) is 30.1 Å². The molecular weight excluding hydrogens is 233 g/mol. The first kappa shape index (κ1) is 12.2. The maximum absolute atomic E-state index is 13.4. The summed E-state index contributed by atoms with van der Waals surface area (Å²) in [5.74, 6) is 0.692. The molecule has 0 fully saturated rings. The maximum Gasteiger partial charge on any atom is 0.226 e. The highest BCUT2D eigenvalue weighted by atomic mass is 19.1. The zero-order valence-corrected chi connectivity index (χ0v) is 9.77. The number of hydrogen-bond donors (Lipinski definition) is 0.